The molecule has 0 aliphatic rings. The minimum absolute atomic E-state index is 0.0846. The van der Waals surface area contributed by atoms with Crippen molar-refractivity contribution in [2.75, 3.05) is 7.11 Å². The van der Waals surface area contributed by atoms with Crippen molar-refractivity contribution in [3.05, 3.63) is 80.0 Å². The molecule has 1 aromatic heterocycles. The normalized spacial score (nSPS) is 11.1. The highest BCUT2D eigenvalue weighted by Crippen LogP contribution is 2.35. The molecule has 0 aliphatic heterocycles. The lowest BCUT2D eigenvalue weighted by molar-refractivity contribution is -0.384. The van der Waals surface area contributed by atoms with Gasteiger partial charge < -0.3 is 9.15 Å². The highest BCUT2D eigenvalue weighted by molar-refractivity contribution is 6.42. The predicted octanol–water partition coefficient (Wildman–Crippen LogP) is 6.23. The van der Waals surface area contributed by atoms with Crippen LogP contribution in [0.4, 0.5) is 5.69 Å². The monoisotopic (exact) mass is 414 g/mol. The summed E-state index contributed by atoms with van der Waals surface area (Å²) in [5, 5.41) is 21.1. The van der Waals surface area contributed by atoms with Crippen molar-refractivity contribution in [1.29, 1.82) is 5.26 Å². The summed E-state index contributed by atoms with van der Waals surface area (Å²) in [7, 11) is 1.42. The number of nitro benzene ring substituents is 1. The van der Waals surface area contributed by atoms with Crippen LogP contribution in [0, 0.1) is 21.4 Å². The molecular formula is C20H12Cl2N2O4. The number of allylic oxidation sites excluding steroid dienone is 1. The lowest BCUT2D eigenvalue weighted by Gasteiger charge is -2.05. The number of hydrogen-bond acceptors (Lipinski definition) is 5. The second-order valence-electron chi connectivity index (χ2n) is 5.64. The average Bonchev–Trinajstić information content (AvgIpc) is 3.16. The van der Waals surface area contributed by atoms with Gasteiger partial charge in [-0.2, -0.15) is 5.26 Å². The van der Waals surface area contributed by atoms with Gasteiger partial charge in [0.05, 0.1) is 45.4 Å². The minimum Gasteiger partial charge on any atom is -0.496 e. The molecule has 2 aromatic carbocycles. The van der Waals surface area contributed by atoms with Crippen LogP contribution < -0.4 is 4.74 Å². The molecule has 28 heavy (non-hydrogen) atoms. The number of nitrogens with zero attached hydrogens (tertiary/aromatic N) is 2. The molecule has 0 bridgehead atoms. The molecule has 0 atom stereocenters. The summed E-state index contributed by atoms with van der Waals surface area (Å²) in [4.78, 5) is 10.4. The molecule has 0 saturated heterocycles. The van der Waals surface area contributed by atoms with Crippen LogP contribution in [0.1, 0.15) is 11.3 Å². The molecule has 140 valence electrons. The van der Waals surface area contributed by atoms with E-state index >= 15 is 0 Å². The van der Waals surface area contributed by atoms with Crippen LogP contribution in [0.25, 0.3) is 23.0 Å². The summed E-state index contributed by atoms with van der Waals surface area (Å²) in [5.41, 5.74) is 1.41. The Morgan fingerprint density at radius 1 is 1.18 bits per heavy atom. The third-order valence-electron chi connectivity index (χ3n) is 3.93. The summed E-state index contributed by atoms with van der Waals surface area (Å²) >= 11 is 11.9. The quantitative estimate of drug-likeness (QED) is 0.280. The summed E-state index contributed by atoms with van der Waals surface area (Å²) in [6.07, 6.45) is 1.57. The lowest BCUT2D eigenvalue weighted by Crippen LogP contribution is -1.92. The fourth-order valence-electron chi connectivity index (χ4n) is 2.56. The van der Waals surface area contributed by atoms with Crippen LogP contribution in [0.3, 0.4) is 0 Å². The van der Waals surface area contributed by atoms with Gasteiger partial charge >= 0.3 is 0 Å². The molecule has 0 radical (unpaired) electrons. The first-order valence-electron chi connectivity index (χ1n) is 7.93. The van der Waals surface area contributed by atoms with Gasteiger partial charge in [-0.05, 0) is 42.0 Å². The first-order chi connectivity index (χ1) is 13.4. The number of benzene rings is 2. The van der Waals surface area contributed by atoms with Crippen molar-refractivity contribution in [3.8, 4) is 23.1 Å². The molecule has 1 heterocycles. The van der Waals surface area contributed by atoms with E-state index in [2.05, 4.69) is 6.07 Å². The first-order valence-corrected chi connectivity index (χ1v) is 8.68. The van der Waals surface area contributed by atoms with Crippen molar-refractivity contribution in [1.82, 2.24) is 0 Å². The van der Waals surface area contributed by atoms with Crippen LogP contribution in [0.2, 0.25) is 10.0 Å². The van der Waals surface area contributed by atoms with Gasteiger partial charge in [0.1, 0.15) is 17.3 Å². The molecule has 3 rings (SSSR count). The first kappa shape index (κ1) is 19.5. The smallest absolute Gasteiger partial charge is 0.273 e. The van der Waals surface area contributed by atoms with Crippen LogP contribution in [-0.4, -0.2) is 12.0 Å². The molecule has 8 heteroatoms. The predicted molar refractivity (Wildman–Crippen MR) is 107 cm³/mol. The Hall–Kier alpha value is -3.27. The largest absolute Gasteiger partial charge is 0.496 e. The third kappa shape index (κ3) is 4.01. The number of rotatable bonds is 5. The minimum atomic E-state index is -0.501. The molecule has 0 amide bonds. The van der Waals surface area contributed by atoms with E-state index in [-0.39, 0.29) is 5.69 Å². The molecule has 3 aromatic rings. The molecule has 0 spiro atoms. The molecule has 0 aliphatic carbocycles. The van der Waals surface area contributed by atoms with Crippen molar-refractivity contribution >= 4 is 40.5 Å². The van der Waals surface area contributed by atoms with E-state index < -0.39 is 4.92 Å². The van der Waals surface area contributed by atoms with Crippen LogP contribution in [-0.2, 0) is 0 Å². The van der Waals surface area contributed by atoms with Gasteiger partial charge in [-0.25, -0.2) is 0 Å². The zero-order chi connectivity index (χ0) is 20.3. The maximum absolute atomic E-state index is 10.9. The standard InChI is InChI=1S/C20H12Cl2N2O4/c1-27-20-10-14(24(25)26)3-5-16(20)19-7-4-15(28-19)8-13(11-23)12-2-6-17(21)18(22)9-12/h2-10H,1H3/b13-8-. The van der Waals surface area contributed by atoms with Gasteiger partial charge in [0.25, 0.3) is 5.69 Å². The number of halogens is 2. The second-order valence-corrected chi connectivity index (χ2v) is 6.46. The van der Waals surface area contributed by atoms with E-state index in [1.807, 2.05) is 0 Å². The fraction of sp³-hybridized carbons (Fsp3) is 0.0500. The Kier molecular flexibility index (Phi) is 5.69. The van der Waals surface area contributed by atoms with Gasteiger partial charge in [-0.3, -0.25) is 10.1 Å². The number of nitro groups is 1. The number of hydrogen-bond donors (Lipinski definition) is 0. The zero-order valence-corrected chi connectivity index (χ0v) is 16.0. The van der Waals surface area contributed by atoms with E-state index in [9.17, 15) is 15.4 Å². The summed E-state index contributed by atoms with van der Waals surface area (Å²) in [6, 6.07) is 14.6. The van der Waals surface area contributed by atoms with Crippen molar-refractivity contribution < 1.29 is 14.1 Å². The Labute approximate surface area is 170 Å². The van der Waals surface area contributed by atoms with Gasteiger partial charge in [0.2, 0.25) is 0 Å². The SMILES string of the molecule is COc1cc([N+](=O)[O-])ccc1-c1ccc(/C=C(/C#N)c2ccc(Cl)c(Cl)c2)o1. The Morgan fingerprint density at radius 3 is 2.61 bits per heavy atom. The van der Waals surface area contributed by atoms with E-state index in [4.69, 9.17) is 32.4 Å². The molecule has 0 N–H and O–H groups in total. The summed E-state index contributed by atoms with van der Waals surface area (Å²) in [6.45, 7) is 0. The Morgan fingerprint density at radius 2 is 1.96 bits per heavy atom. The number of nitriles is 1. The third-order valence-corrected chi connectivity index (χ3v) is 4.66. The van der Waals surface area contributed by atoms with Crippen LogP contribution in [0.15, 0.2) is 52.9 Å². The highest BCUT2D eigenvalue weighted by Gasteiger charge is 2.15. The van der Waals surface area contributed by atoms with Crippen LogP contribution >= 0.6 is 23.2 Å². The molecule has 0 saturated carbocycles. The second kappa shape index (κ2) is 8.17. The average molecular weight is 415 g/mol. The van der Waals surface area contributed by atoms with E-state index in [0.29, 0.717) is 44.0 Å². The summed E-state index contributed by atoms with van der Waals surface area (Å²) < 4.78 is 11.0. The maximum Gasteiger partial charge on any atom is 0.273 e. The highest BCUT2D eigenvalue weighted by atomic mass is 35.5. The molecule has 0 unspecified atom stereocenters. The van der Waals surface area contributed by atoms with Gasteiger partial charge in [-0.1, -0.05) is 29.3 Å². The molecule has 0 fully saturated rings. The number of furan rings is 1. The lowest BCUT2D eigenvalue weighted by atomic mass is 10.1. The van der Waals surface area contributed by atoms with Gasteiger partial charge in [0.15, 0.2) is 0 Å². The number of ether oxygens (including phenoxy) is 1. The molecular weight excluding hydrogens is 403 g/mol. The van der Waals surface area contributed by atoms with E-state index in [1.54, 1.807) is 42.5 Å². The Balaban J connectivity index is 1.97. The number of non-ortho nitro benzene ring substituents is 1. The topological polar surface area (TPSA) is 89.3 Å². The zero-order valence-electron chi connectivity index (χ0n) is 14.5. The van der Waals surface area contributed by atoms with Gasteiger partial charge in [0, 0.05) is 6.07 Å². The molecule has 6 nitrogen and oxygen atoms in total. The summed E-state index contributed by atoms with van der Waals surface area (Å²) in [5.74, 6) is 1.19. The van der Waals surface area contributed by atoms with Crippen molar-refractivity contribution in [3.63, 3.8) is 0 Å². The maximum atomic E-state index is 10.9. The van der Waals surface area contributed by atoms with E-state index in [0.717, 1.165) is 0 Å². The van der Waals surface area contributed by atoms with Crippen LogP contribution in [0.5, 0.6) is 5.75 Å². The fourth-order valence-corrected chi connectivity index (χ4v) is 2.86. The Bertz CT molecular complexity index is 1130. The van der Waals surface area contributed by atoms with E-state index in [1.165, 1.54) is 19.2 Å². The van der Waals surface area contributed by atoms with Gasteiger partial charge in [-0.15, -0.1) is 0 Å². The van der Waals surface area contributed by atoms with Crippen molar-refractivity contribution in [2.45, 2.75) is 0 Å². The number of methoxy groups -OCH3 is 1. The van der Waals surface area contributed by atoms with Crippen molar-refractivity contribution in [2.24, 2.45) is 0 Å².